The Morgan fingerprint density at radius 1 is 1.21 bits per heavy atom. The van der Waals surface area contributed by atoms with E-state index in [0.29, 0.717) is 28.9 Å². The lowest BCUT2D eigenvalue weighted by molar-refractivity contribution is 0.0697. The van der Waals surface area contributed by atoms with Gasteiger partial charge in [0, 0.05) is 42.8 Å². The summed E-state index contributed by atoms with van der Waals surface area (Å²) in [5, 5.41) is 3.44. The van der Waals surface area contributed by atoms with Gasteiger partial charge in [-0.15, -0.1) is 0 Å². The van der Waals surface area contributed by atoms with Crippen molar-refractivity contribution in [2.45, 2.75) is 38.4 Å². The number of benzene rings is 1. The molecule has 2 aliphatic heterocycles. The molecule has 7 nitrogen and oxygen atoms in total. The van der Waals surface area contributed by atoms with Crippen molar-refractivity contribution in [1.29, 1.82) is 0 Å². The number of likely N-dealkylation sites (tertiary alicyclic amines) is 1. The van der Waals surface area contributed by atoms with Crippen LogP contribution in [0.25, 0.3) is 0 Å². The number of anilines is 1. The van der Waals surface area contributed by atoms with Crippen molar-refractivity contribution in [3.05, 3.63) is 51.4 Å². The molecule has 2 aliphatic rings. The van der Waals surface area contributed by atoms with Crippen molar-refractivity contribution in [3.63, 3.8) is 0 Å². The van der Waals surface area contributed by atoms with Gasteiger partial charge >= 0.3 is 0 Å². The molecule has 8 heteroatoms. The molecule has 1 fully saturated rings. The molecule has 0 atom stereocenters. The number of fused-ring (bicyclic) bond motifs is 1. The van der Waals surface area contributed by atoms with E-state index < -0.39 is 5.91 Å². The van der Waals surface area contributed by atoms with Crippen LogP contribution in [-0.2, 0) is 6.54 Å². The summed E-state index contributed by atoms with van der Waals surface area (Å²) in [7, 11) is 0. The molecule has 1 saturated heterocycles. The standard InChI is InChI=1S/C21H24N4O3S/c1-13-5-7-24(8-6-13)19(27)15-3-4-17(14(2)11-15)23-18(26)16-12-22-21-25(20(16)28)9-10-29-21/h3-4,11-13H,5-10H2,1-2H3,(H,23,26). The van der Waals surface area contributed by atoms with Crippen LogP contribution in [0.3, 0.4) is 0 Å². The molecule has 0 radical (unpaired) electrons. The van der Waals surface area contributed by atoms with Gasteiger partial charge in [0.2, 0.25) is 0 Å². The average Bonchev–Trinajstić information content (AvgIpc) is 3.19. The summed E-state index contributed by atoms with van der Waals surface area (Å²) in [6.45, 7) is 6.19. The van der Waals surface area contributed by atoms with Crippen LogP contribution < -0.4 is 10.9 Å². The molecule has 0 saturated carbocycles. The Morgan fingerprint density at radius 2 is 1.97 bits per heavy atom. The van der Waals surface area contributed by atoms with Crippen LogP contribution in [0.4, 0.5) is 5.69 Å². The van der Waals surface area contributed by atoms with Crippen LogP contribution in [0.5, 0.6) is 0 Å². The topological polar surface area (TPSA) is 84.3 Å². The molecule has 0 aliphatic carbocycles. The van der Waals surface area contributed by atoms with Crippen LogP contribution in [0.2, 0.25) is 0 Å². The van der Waals surface area contributed by atoms with E-state index >= 15 is 0 Å². The fourth-order valence-corrected chi connectivity index (χ4v) is 4.61. The number of aromatic nitrogens is 2. The molecule has 152 valence electrons. The zero-order valence-electron chi connectivity index (χ0n) is 16.6. The number of hydrogen-bond donors (Lipinski definition) is 1. The first-order chi connectivity index (χ1) is 13.9. The van der Waals surface area contributed by atoms with E-state index in [9.17, 15) is 14.4 Å². The molecule has 1 aromatic carbocycles. The first kappa shape index (κ1) is 19.7. The summed E-state index contributed by atoms with van der Waals surface area (Å²) in [6.07, 6.45) is 3.40. The number of carbonyl (C=O) groups excluding carboxylic acids is 2. The molecule has 0 bridgehead atoms. The van der Waals surface area contributed by atoms with Gasteiger partial charge in [0.25, 0.3) is 17.4 Å². The van der Waals surface area contributed by atoms with Crippen molar-refractivity contribution in [2.24, 2.45) is 5.92 Å². The minimum absolute atomic E-state index is 0.0245. The van der Waals surface area contributed by atoms with E-state index in [2.05, 4.69) is 17.2 Å². The molecule has 1 N–H and O–H groups in total. The molecule has 3 heterocycles. The van der Waals surface area contributed by atoms with E-state index in [0.717, 1.165) is 37.2 Å². The van der Waals surface area contributed by atoms with Gasteiger partial charge in [-0.2, -0.15) is 0 Å². The second-order valence-electron chi connectivity index (χ2n) is 7.72. The summed E-state index contributed by atoms with van der Waals surface area (Å²) in [4.78, 5) is 44.0. The van der Waals surface area contributed by atoms with E-state index in [-0.39, 0.29) is 17.0 Å². The number of aryl methyl sites for hydroxylation is 1. The van der Waals surface area contributed by atoms with Crippen LogP contribution in [0.1, 0.15) is 46.0 Å². The highest BCUT2D eigenvalue weighted by Crippen LogP contribution is 2.23. The van der Waals surface area contributed by atoms with E-state index in [1.165, 1.54) is 22.5 Å². The van der Waals surface area contributed by atoms with Crippen LogP contribution >= 0.6 is 11.8 Å². The smallest absolute Gasteiger partial charge is 0.267 e. The van der Waals surface area contributed by atoms with Crippen molar-refractivity contribution in [2.75, 3.05) is 24.2 Å². The molecule has 0 spiro atoms. The summed E-state index contributed by atoms with van der Waals surface area (Å²) in [6, 6.07) is 5.25. The Bertz CT molecular complexity index is 1030. The first-order valence-corrected chi connectivity index (χ1v) is 10.9. The molecular formula is C21H24N4O3S. The third-order valence-corrected chi connectivity index (χ3v) is 6.56. The number of nitrogens with one attached hydrogen (secondary N) is 1. The zero-order valence-corrected chi connectivity index (χ0v) is 17.4. The minimum atomic E-state index is -0.484. The van der Waals surface area contributed by atoms with Gasteiger partial charge in [-0.1, -0.05) is 18.7 Å². The van der Waals surface area contributed by atoms with Gasteiger partial charge in [-0.05, 0) is 49.4 Å². The third kappa shape index (κ3) is 3.94. The van der Waals surface area contributed by atoms with Gasteiger partial charge in [-0.25, -0.2) is 4.98 Å². The minimum Gasteiger partial charge on any atom is -0.339 e. The van der Waals surface area contributed by atoms with E-state index in [1.807, 2.05) is 11.8 Å². The lowest BCUT2D eigenvalue weighted by atomic mass is 9.98. The number of thioether (sulfide) groups is 1. The van der Waals surface area contributed by atoms with E-state index in [4.69, 9.17) is 0 Å². The Balaban J connectivity index is 1.49. The molecular weight excluding hydrogens is 388 g/mol. The Hall–Kier alpha value is -2.61. The maximum absolute atomic E-state index is 12.8. The fourth-order valence-electron chi connectivity index (χ4n) is 3.69. The summed E-state index contributed by atoms with van der Waals surface area (Å²) < 4.78 is 1.54. The maximum atomic E-state index is 12.8. The van der Waals surface area contributed by atoms with E-state index in [1.54, 1.807) is 18.2 Å². The third-order valence-electron chi connectivity index (χ3n) is 5.59. The Kier molecular flexibility index (Phi) is 5.45. The first-order valence-electron chi connectivity index (χ1n) is 9.88. The van der Waals surface area contributed by atoms with Gasteiger partial charge in [0.05, 0.1) is 0 Å². The van der Waals surface area contributed by atoms with Gasteiger partial charge in [0.1, 0.15) is 5.56 Å². The van der Waals surface area contributed by atoms with Crippen molar-refractivity contribution >= 4 is 29.3 Å². The van der Waals surface area contributed by atoms with Gasteiger partial charge in [0.15, 0.2) is 5.16 Å². The predicted octanol–water partition coefficient (Wildman–Crippen LogP) is 2.78. The summed E-state index contributed by atoms with van der Waals surface area (Å²) in [5.74, 6) is 0.991. The highest BCUT2D eigenvalue weighted by atomic mass is 32.2. The fraction of sp³-hybridized carbons (Fsp3) is 0.429. The number of hydrogen-bond acceptors (Lipinski definition) is 5. The molecule has 4 rings (SSSR count). The number of rotatable bonds is 3. The van der Waals surface area contributed by atoms with Crippen LogP contribution in [0.15, 0.2) is 34.3 Å². The number of carbonyl (C=O) groups is 2. The number of piperidine rings is 1. The summed E-state index contributed by atoms with van der Waals surface area (Å²) in [5.41, 5.74) is 1.68. The largest absolute Gasteiger partial charge is 0.339 e. The summed E-state index contributed by atoms with van der Waals surface area (Å²) >= 11 is 1.51. The van der Waals surface area contributed by atoms with Crippen molar-refractivity contribution in [1.82, 2.24) is 14.5 Å². The van der Waals surface area contributed by atoms with Crippen molar-refractivity contribution < 1.29 is 9.59 Å². The van der Waals surface area contributed by atoms with Crippen LogP contribution in [-0.4, -0.2) is 45.1 Å². The Labute approximate surface area is 173 Å². The lowest BCUT2D eigenvalue weighted by Gasteiger charge is -2.30. The quantitative estimate of drug-likeness (QED) is 0.784. The molecule has 29 heavy (non-hydrogen) atoms. The van der Waals surface area contributed by atoms with Crippen LogP contribution in [0, 0.1) is 12.8 Å². The molecule has 2 aromatic rings. The predicted molar refractivity (Wildman–Crippen MR) is 113 cm³/mol. The normalized spacial score (nSPS) is 16.6. The van der Waals surface area contributed by atoms with Gasteiger partial charge in [-0.3, -0.25) is 19.0 Å². The second-order valence-corrected chi connectivity index (χ2v) is 8.78. The highest BCUT2D eigenvalue weighted by molar-refractivity contribution is 7.99. The van der Waals surface area contributed by atoms with Gasteiger partial charge < -0.3 is 10.2 Å². The average molecular weight is 413 g/mol. The molecule has 0 unspecified atom stereocenters. The molecule has 1 aromatic heterocycles. The Morgan fingerprint density at radius 3 is 2.69 bits per heavy atom. The SMILES string of the molecule is Cc1cc(C(=O)N2CCC(C)CC2)ccc1NC(=O)c1cnc2n(c1=O)CCS2. The number of amides is 2. The monoisotopic (exact) mass is 412 g/mol. The highest BCUT2D eigenvalue weighted by Gasteiger charge is 2.23. The second kappa shape index (κ2) is 8.02. The number of nitrogens with zero attached hydrogens (tertiary/aromatic N) is 3. The zero-order chi connectivity index (χ0) is 20.5. The maximum Gasteiger partial charge on any atom is 0.267 e. The lowest BCUT2D eigenvalue weighted by Crippen LogP contribution is -2.37. The van der Waals surface area contributed by atoms with Crippen molar-refractivity contribution in [3.8, 4) is 0 Å². The molecule has 2 amide bonds.